The Labute approximate surface area is 116 Å². The molecule has 18 heavy (non-hydrogen) atoms. The summed E-state index contributed by atoms with van der Waals surface area (Å²) >= 11 is 3.40. The summed E-state index contributed by atoms with van der Waals surface area (Å²) in [4.78, 5) is 15.0. The summed E-state index contributed by atoms with van der Waals surface area (Å²) in [5.74, 6) is 0.352. The van der Waals surface area contributed by atoms with Crippen molar-refractivity contribution in [1.82, 2.24) is 4.90 Å². The molecule has 1 N–H and O–H groups in total. The van der Waals surface area contributed by atoms with Crippen LogP contribution >= 0.6 is 23.1 Å². The summed E-state index contributed by atoms with van der Waals surface area (Å²) < 4.78 is 0. The summed E-state index contributed by atoms with van der Waals surface area (Å²) in [5.41, 5.74) is 1.17. The molecule has 1 saturated heterocycles. The molecule has 3 nitrogen and oxygen atoms in total. The zero-order chi connectivity index (χ0) is 13.3. The van der Waals surface area contributed by atoms with Gasteiger partial charge >= 0.3 is 5.97 Å². The zero-order valence-electron chi connectivity index (χ0n) is 11.0. The number of aromatic carboxylic acids is 1. The molecular weight excluding hydrogens is 266 g/mol. The van der Waals surface area contributed by atoms with Gasteiger partial charge in [-0.2, -0.15) is 11.8 Å². The number of carbonyl (C=O) groups is 1. The average molecular weight is 285 g/mol. The lowest BCUT2D eigenvalue weighted by Crippen LogP contribution is -2.43. The van der Waals surface area contributed by atoms with Gasteiger partial charge in [0.25, 0.3) is 0 Å². The van der Waals surface area contributed by atoms with Gasteiger partial charge in [0, 0.05) is 35.0 Å². The maximum Gasteiger partial charge on any atom is 0.345 e. The van der Waals surface area contributed by atoms with Crippen molar-refractivity contribution in [3.63, 3.8) is 0 Å². The summed E-state index contributed by atoms with van der Waals surface area (Å²) in [5, 5.41) is 9.67. The molecule has 2 rings (SSSR count). The number of rotatable bonds is 3. The number of aryl methyl sites for hydroxylation is 1. The van der Waals surface area contributed by atoms with E-state index in [1.165, 1.54) is 22.7 Å². The van der Waals surface area contributed by atoms with Gasteiger partial charge in [-0.15, -0.1) is 11.3 Å². The Morgan fingerprint density at radius 3 is 2.89 bits per heavy atom. The zero-order valence-corrected chi connectivity index (χ0v) is 12.6. The molecule has 0 spiro atoms. The quantitative estimate of drug-likeness (QED) is 0.926. The lowest BCUT2D eigenvalue weighted by atomic mass is 10.1. The molecule has 0 aromatic carbocycles. The van der Waals surface area contributed by atoms with Crippen LogP contribution in [0.5, 0.6) is 0 Å². The van der Waals surface area contributed by atoms with Gasteiger partial charge in [-0.05, 0) is 25.5 Å². The van der Waals surface area contributed by atoms with Crippen LogP contribution in [-0.4, -0.2) is 39.6 Å². The normalized spacial score (nSPS) is 25.3. The van der Waals surface area contributed by atoms with Gasteiger partial charge < -0.3 is 5.11 Å². The summed E-state index contributed by atoms with van der Waals surface area (Å²) in [6.07, 6.45) is 0. The van der Waals surface area contributed by atoms with Crippen molar-refractivity contribution in [2.24, 2.45) is 0 Å². The predicted octanol–water partition coefficient (Wildman–Crippen LogP) is 3.08. The van der Waals surface area contributed by atoms with Crippen molar-refractivity contribution in [1.29, 1.82) is 0 Å². The third kappa shape index (κ3) is 2.90. The molecule has 0 bridgehead atoms. The number of thioether (sulfide) groups is 1. The largest absolute Gasteiger partial charge is 0.477 e. The molecule has 0 aliphatic carbocycles. The molecule has 1 aliphatic heterocycles. The molecular formula is C13H19NO2S2. The fraction of sp³-hybridized carbons (Fsp3) is 0.615. The van der Waals surface area contributed by atoms with Crippen LogP contribution in [0.1, 0.15) is 34.0 Å². The fourth-order valence-corrected chi connectivity index (χ4v) is 4.25. The van der Waals surface area contributed by atoms with Gasteiger partial charge in [0.15, 0.2) is 0 Å². The van der Waals surface area contributed by atoms with E-state index >= 15 is 0 Å². The van der Waals surface area contributed by atoms with Crippen LogP contribution in [0.2, 0.25) is 0 Å². The topological polar surface area (TPSA) is 40.5 Å². The number of carboxylic acid groups (broad SMARTS) is 1. The Morgan fingerprint density at radius 2 is 2.28 bits per heavy atom. The summed E-state index contributed by atoms with van der Waals surface area (Å²) in [6, 6.07) is 2.39. The van der Waals surface area contributed by atoms with Crippen LogP contribution in [0.4, 0.5) is 0 Å². The van der Waals surface area contributed by atoms with E-state index in [0.29, 0.717) is 16.2 Å². The third-order valence-electron chi connectivity index (χ3n) is 3.62. The van der Waals surface area contributed by atoms with Gasteiger partial charge in [0.1, 0.15) is 4.88 Å². The van der Waals surface area contributed by atoms with E-state index < -0.39 is 5.97 Å². The number of hydrogen-bond acceptors (Lipinski definition) is 4. The van der Waals surface area contributed by atoms with Crippen LogP contribution in [0.15, 0.2) is 6.07 Å². The van der Waals surface area contributed by atoms with E-state index in [2.05, 4.69) is 18.7 Å². The number of carboxylic acids is 1. The second kappa shape index (κ2) is 5.63. The van der Waals surface area contributed by atoms with Crippen LogP contribution in [0.25, 0.3) is 0 Å². The Morgan fingerprint density at radius 1 is 1.56 bits per heavy atom. The van der Waals surface area contributed by atoms with Crippen LogP contribution in [-0.2, 0) is 6.54 Å². The van der Waals surface area contributed by atoms with E-state index in [1.54, 1.807) is 0 Å². The molecule has 2 unspecified atom stereocenters. The predicted molar refractivity (Wildman–Crippen MR) is 77.8 cm³/mol. The van der Waals surface area contributed by atoms with Crippen molar-refractivity contribution in [3.8, 4) is 0 Å². The molecule has 0 saturated carbocycles. The minimum atomic E-state index is -0.815. The molecule has 1 fully saturated rings. The highest BCUT2D eigenvalue weighted by atomic mass is 32.2. The van der Waals surface area contributed by atoms with Crippen LogP contribution < -0.4 is 0 Å². The van der Waals surface area contributed by atoms with Crippen molar-refractivity contribution in [2.45, 2.75) is 38.6 Å². The first-order chi connectivity index (χ1) is 8.49. The number of nitrogens with zero attached hydrogens (tertiary/aromatic N) is 1. The Bertz CT molecular complexity index is 444. The van der Waals surface area contributed by atoms with Gasteiger partial charge in [0.2, 0.25) is 0 Å². The van der Waals surface area contributed by atoms with E-state index in [9.17, 15) is 4.79 Å². The first-order valence-corrected chi connectivity index (χ1v) is 8.04. The molecule has 5 heteroatoms. The molecule has 0 radical (unpaired) electrons. The molecule has 100 valence electrons. The number of hydrogen-bond donors (Lipinski definition) is 1. The summed E-state index contributed by atoms with van der Waals surface area (Å²) in [6.45, 7) is 8.51. The maximum atomic E-state index is 11.0. The first kappa shape index (κ1) is 13.9. The standard InChI is InChI=1S/C13H19NO2S2/c1-8-9(2)17-5-4-14(8)7-11-6-12(13(15)16)18-10(11)3/h6,8-9H,4-5,7H2,1-3H3,(H,15,16). The smallest absolute Gasteiger partial charge is 0.345 e. The van der Waals surface area contributed by atoms with Crippen LogP contribution in [0, 0.1) is 6.92 Å². The lowest BCUT2D eigenvalue weighted by molar-refractivity contribution is 0.0702. The van der Waals surface area contributed by atoms with Gasteiger partial charge in [-0.25, -0.2) is 4.79 Å². The summed E-state index contributed by atoms with van der Waals surface area (Å²) in [7, 11) is 0. The highest BCUT2D eigenvalue weighted by molar-refractivity contribution is 8.00. The Balaban J connectivity index is 2.11. The van der Waals surface area contributed by atoms with Crippen molar-refractivity contribution in [2.75, 3.05) is 12.3 Å². The van der Waals surface area contributed by atoms with E-state index in [4.69, 9.17) is 5.11 Å². The molecule has 1 aromatic rings. The molecule has 0 amide bonds. The van der Waals surface area contributed by atoms with Gasteiger partial charge in [0.05, 0.1) is 0 Å². The van der Waals surface area contributed by atoms with Crippen molar-refractivity contribution < 1.29 is 9.90 Å². The lowest BCUT2D eigenvalue weighted by Gasteiger charge is -2.37. The van der Waals surface area contributed by atoms with Gasteiger partial charge in [-0.1, -0.05) is 6.92 Å². The Hall–Kier alpha value is -0.520. The first-order valence-electron chi connectivity index (χ1n) is 6.17. The number of thiophene rings is 1. The maximum absolute atomic E-state index is 11.0. The molecule has 2 atom stereocenters. The minimum absolute atomic E-state index is 0.453. The second-order valence-corrected chi connectivity index (χ2v) is 7.53. The van der Waals surface area contributed by atoms with E-state index in [0.717, 1.165) is 18.0 Å². The fourth-order valence-electron chi connectivity index (χ4n) is 2.22. The highest BCUT2D eigenvalue weighted by Gasteiger charge is 2.26. The highest BCUT2D eigenvalue weighted by Crippen LogP contribution is 2.28. The monoisotopic (exact) mass is 285 g/mol. The van der Waals surface area contributed by atoms with Gasteiger partial charge in [-0.3, -0.25) is 4.90 Å². The second-order valence-electron chi connectivity index (χ2n) is 4.78. The SMILES string of the molecule is Cc1sc(C(=O)O)cc1CN1CCSC(C)C1C. The minimum Gasteiger partial charge on any atom is -0.477 e. The molecule has 2 heterocycles. The van der Waals surface area contributed by atoms with Crippen LogP contribution in [0.3, 0.4) is 0 Å². The molecule has 1 aliphatic rings. The van der Waals surface area contributed by atoms with E-state index in [-0.39, 0.29) is 0 Å². The van der Waals surface area contributed by atoms with Crippen molar-refractivity contribution in [3.05, 3.63) is 21.4 Å². The Kier molecular flexibility index (Phi) is 4.35. The molecule has 1 aromatic heterocycles. The van der Waals surface area contributed by atoms with E-state index in [1.807, 2.05) is 24.8 Å². The third-order valence-corrected chi connectivity index (χ3v) is 6.04. The average Bonchev–Trinajstić information content (AvgIpc) is 2.67. The van der Waals surface area contributed by atoms with Crippen molar-refractivity contribution >= 4 is 29.1 Å².